The second-order valence-electron chi connectivity index (χ2n) is 5.51. The molecule has 1 heterocycles. The molecule has 5 nitrogen and oxygen atoms in total. The average molecular weight is 336 g/mol. The van der Waals surface area contributed by atoms with Crippen molar-refractivity contribution in [3.8, 4) is 0 Å². The lowest BCUT2D eigenvalue weighted by molar-refractivity contribution is 0.102. The first-order chi connectivity index (χ1) is 12.1. The molecule has 6 heteroatoms. The van der Waals surface area contributed by atoms with E-state index in [1.165, 1.54) is 18.5 Å². The average Bonchev–Trinajstić information content (AvgIpc) is 2.63. The molecule has 0 unspecified atom stereocenters. The van der Waals surface area contributed by atoms with E-state index in [0.29, 0.717) is 17.1 Å². The first-order valence-corrected chi connectivity index (χ1v) is 7.80. The minimum atomic E-state index is -0.288. The Morgan fingerprint density at radius 1 is 1.04 bits per heavy atom. The van der Waals surface area contributed by atoms with Gasteiger partial charge in [-0.05, 0) is 24.6 Å². The highest BCUT2D eigenvalue weighted by molar-refractivity contribution is 6.04. The van der Waals surface area contributed by atoms with Crippen LogP contribution in [0.4, 0.5) is 16.0 Å². The van der Waals surface area contributed by atoms with Gasteiger partial charge < -0.3 is 10.6 Å². The number of rotatable bonds is 5. The first-order valence-electron chi connectivity index (χ1n) is 7.80. The van der Waals surface area contributed by atoms with Gasteiger partial charge in [0.15, 0.2) is 0 Å². The van der Waals surface area contributed by atoms with Crippen molar-refractivity contribution in [3.05, 3.63) is 83.4 Å². The SMILES string of the molecule is Cc1ccccc1NC(=O)c1cnc(NCc2ccccc2F)nc1. The summed E-state index contributed by atoms with van der Waals surface area (Å²) in [4.78, 5) is 20.4. The van der Waals surface area contributed by atoms with Crippen molar-refractivity contribution in [2.45, 2.75) is 13.5 Å². The maximum absolute atomic E-state index is 13.6. The Kier molecular flexibility index (Phi) is 4.99. The summed E-state index contributed by atoms with van der Waals surface area (Å²) in [7, 11) is 0. The molecule has 1 amide bonds. The molecule has 0 spiro atoms. The molecule has 2 aromatic carbocycles. The van der Waals surface area contributed by atoms with Crippen LogP contribution >= 0.6 is 0 Å². The Morgan fingerprint density at radius 3 is 2.44 bits per heavy atom. The van der Waals surface area contributed by atoms with Crippen LogP contribution in [0.2, 0.25) is 0 Å². The predicted octanol–water partition coefficient (Wildman–Crippen LogP) is 3.79. The molecule has 1 aromatic heterocycles. The highest BCUT2D eigenvalue weighted by Crippen LogP contribution is 2.14. The lowest BCUT2D eigenvalue weighted by Crippen LogP contribution is -2.14. The molecule has 0 aliphatic carbocycles. The minimum Gasteiger partial charge on any atom is -0.350 e. The van der Waals surface area contributed by atoms with Gasteiger partial charge in [-0.2, -0.15) is 0 Å². The van der Waals surface area contributed by atoms with Crippen LogP contribution in [0.15, 0.2) is 60.9 Å². The predicted molar refractivity (Wildman–Crippen MR) is 94.9 cm³/mol. The summed E-state index contributed by atoms with van der Waals surface area (Å²) in [5.41, 5.74) is 2.58. The monoisotopic (exact) mass is 336 g/mol. The van der Waals surface area contributed by atoms with Crippen LogP contribution in [-0.2, 0) is 6.54 Å². The zero-order valence-corrected chi connectivity index (χ0v) is 13.7. The molecule has 3 rings (SSSR count). The number of hydrogen-bond acceptors (Lipinski definition) is 4. The molecule has 0 aliphatic rings. The fourth-order valence-corrected chi connectivity index (χ4v) is 2.26. The number of para-hydroxylation sites is 1. The second-order valence-corrected chi connectivity index (χ2v) is 5.51. The van der Waals surface area contributed by atoms with E-state index < -0.39 is 0 Å². The first kappa shape index (κ1) is 16.6. The van der Waals surface area contributed by atoms with Crippen molar-refractivity contribution < 1.29 is 9.18 Å². The van der Waals surface area contributed by atoms with Crippen LogP contribution in [-0.4, -0.2) is 15.9 Å². The second kappa shape index (κ2) is 7.53. The van der Waals surface area contributed by atoms with Crippen LogP contribution in [0.1, 0.15) is 21.5 Å². The van der Waals surface area contributed by atoms with Crippen LogP contribution in [0.5, 0.6) is 0 Å². The van der Waals surface area contributed by atoms with E-state index in [1.807, 2.05) is 31.2 Å². The number of nitrogens with zero attached hydrogens (tertiary/aromatic N) is 2. The highest BCUT2D eigenvalue weighted by atomic mass is 19.1. The number of benzene rings is 2. The number of nitrogens with one attached hydrogen (secondary N) is 2. The van der Waals surface area contributed by atoms with Gasteiger partial charge in [-0.3, -0.25) is 4.79 Å². The Morgan fingerprint density at radius 2 is 1.72 bits per heavy atom. The third-order valence-corrected chi connectivity index (χ3v) is 3.70. The summed E-state index contributed by atoms with van der Waals surface area (Å²) in [5, 5.41) is 5.76. The number of hydrogen-bond donors (Lipinski definition) is 2. The number of anilines is 2. The molecular weight excluding hydrogens is 319 g/mol. The molecule has 2 N–H and O–H groups in total. The van der Waals surface area contributed by atoms with Gasteiger partial charge in [0, 0.05) is 30.2 Å². The van der Waals surface area contributed by atoms with Crippen LogP contribution in [0.3, 0.4) is 0 Å². The molecule has 0 fully saturated rings. The van der Waals surface area contributed by atoms with Gasteiger partial charge in [0.2, 0.25) is 5.95 Å². The summed E-state index contributed by atoms with van der Waals surface area (Å²) in [6.07, 6.45) is 2.87. The van der Waals surface area contributed by atoms with Gasteiger partial charge in [0.1, 0.15) is 5.82 Å². The normalized spacial score (nSPS) is 10.3. The summed E-state index contributed by atoms with van der Waals surface area (Å²) in [5.74, 6) is -0.241. The van der Waals surface area contributed by atoms with Gasteiger partial charge in [-0.15, -0.1) is 0 Å². The molecule has 0 saturated heterocycles. The Bertz CT molecular complexity index is 881. The zero-order valence-electron chi connectivity index (χ0n) is 13.7. The standard InChI is InChI=1S/C19H17FN4O/c1-13-6-2-5-9-17(13)24-18(25)15-11-22-19(23-12-15)21-10-14-7-3-4-8-16(14)20/h2-9,11-12H,10H2,1H3,(H,24,25)(H,21,22,23). The van der Waals surface area contributed by atoms with E-state index in [0.717, 1.165) is 11.3 Å². The summed E-state index contributed by atoms with van der Waals surface area (Å²) < 4.78 is 13.6. The van der Waals surface area contributed by atoms with Gasteiger partial charge in [-0.25, -0.2) is 14.4 Å². The Labute approximate surface area is 145 Å². The van der Waals surface area contributed by atoms with Crippen LogP contribution < -0.4 is 10.6 Å². The van der Waals surface area contributed by atoms with Crippen molar-refractivity contribution in [3.63, 3.8) is 0 Å². The molecule has 0 saturated carbocycles. The number of aromatic nitrogens is 2. The van der Waals surface area contributed by atoms with Crippen molar-refractivity contribution in [2.75, 3.05) is 10.6 Å². The van der Waals surface area contributed by atoms with Crippen molar-refractivity contribution in [2.24, 2.45) is 0 Å². The van der Waals surface area contributed by atoms with Crippen LogP contribution in [0, 0.1) is 12.7 Å². The lowest BCUT2D eigenvalue weighted by Gasteiger charge is -2.09. The maximum Gasteiger partial charge on any atom is 0.258 e. The Hall–Kier alpha value is -3.28. The van der Waals surface area contributed by atoms with E-state index in [4.69, 9.17) is 0 Å². The molecule has 0 aliphatic heterocycles. The summed E-state index contributed by atoms with van der Waals surface area (Å²) in [6.45, 7) is 2.18. The largest absolute Gasteiger partial charge is 0.350 e. The number of aryl methyl sites for hydroxylation is 1. The highest BCUT2D eigenvalue weighted by Gasteiger charge is 2.09. The minimum absolute atomic E-state index is 0.265. The quantitative estimate of drug-likeness (QED) is 0.744. The van der Waals surface area contributed by atoms with Crippen LogP contribution in [0.25, 0.3) is 0 Å². The fraction of sp³-hybridized carbons (Fsp3) is 0.105. The zero-order chi connectivity index (χ0) is 17.6. The third-order valence-electron chi connectivity index (χ3n) is 3.70. The topological polar surface area (TPSA) is 66.9 Å². The van der Waals surface area contributed by atoms with Gasteiger partial charge in [0.25, 0.3) is 5.91 Å². The molecule has 0 bridgehead atoms. The molecule has 0 radical (unpaired) electrons. The van der Waals surface area contributed by atoms with E-state index in [2.05, 4.69) is 20.6 Å². The summed E-state index contributed by atoms with van der Waals surface area (Å²) >= 11 is 0. The molecule has 25 heavy (non-hydrogen) atoms. The molecule has 126 valence electrons. The summed E-state index contributed by atoms with van der Waals surface area (Å²) in [6, 6.07) is 14.0. The number of carbonyl (C=O) groups is 1. The molecule has 0 atom stereocenters. The van der Waals surface area contributed by atoms with Crippen molar-refractivity contribution in [1.29, 1.82) is 0 Å². The van der Waals surface area contributed by atoms with Gasteiger partial charge in [-0.1, -0.05) is 36.4 Å². The Balaban J connectivity index is 1.63. The smallest absolute Gasteiger partial charge is 0.258 e. The van der Waals surface area contributed by atoms with E-state index in [9.17, 15) is 9.18 Å². The molecule has 3 aromatic rings. The van der Waals surface area contributed by atoms with Crippen molar-refractivity contribution >= 4 is 17.5 Å². The fourth-order valence-electron chi connectivity index (χ4n) is 2.26. The number of amides is 1. The third kappa shape index (κ3) is 4.17. The van der Waals surface area contributed by atoms with Gasteiger partial charge >= 0.3 is 0 Å². The number of halogens is 1. The lowest BCUT2D eigenvalue weighted by atomic mass is 10.2. The van der Waals surface area contributed by atoms with E-state index >= 15 is 0 Å². The van der Waals surface area contributed by atoms with Gasteiger partial charge in [0.05, 0.1) is 5.56 Å². The maximum atomic E-state index is 13.6. The van der Waals surface area contributed by atoms with E-state index in [1.54, 1.807) is 18.2 Å². The molecular formula is C19H17FN4O. The number of carbonyl (C=O) groups excluding carboxylic acids is 1. The van der Waals surface area contributed by atoms with E-state index in [-0.39, 0.29) is 18.3 Å². The van der Waals surface area contributed by atoms with Crippen molar-refractivity contribution in [1.82, 2.24) is 9.97 Å².